The number of halogens is 1. The van der Waals surface area contributed by atoms with Gasteiger partial charge in [-0.1, -0.05) is 63.2 Å². The predicted octanol–water partition coefficient (Wildman–Crippen LogP) is 6.14. The molecule has 4 heteroatoms. The molecule has 1 aliphatic heterocycles. The standard InChI is InChI=1S/C26H27FN2O/c1-5-21(25(2,3)4)23(30)14-15-26(18-10-12-19(27)13-11-18)22-9-7-6-8-20(22)24-28-16-17-29(24)26/h5-13,16-17H,14-15H2,1-4H3. The first-order valence-corrected chi connectivity index (χ1v) is 10.4. The van der Waals surface area contributed by atoms with Gasteiger partial charge in [-0.05, 0) is 47.6 Å². The number of aromatic nitrogens is 2. The number of fused-ring (bicyclic) bond motifs is 3. The molecular weight excluding hydrogens is 375 g/mol. The van der Waals surface area contributed by atoms with E-state index in [1.165, 1.54) is 12.1 Å². The van der Waals surface area contributed by atoms with Gasteiger partial charge in [0.1, 0.15) is 11.6 Å². The fourth-order valence-corrected chi connectivity index (χ4v) is 4.84. The summed E-state index contributed by atoms with van der Waals surface area (Å²) in [5, 5.41) is 0. The summed E-state index contributed by atoms with van der Waals surface area (Å²) in [4.78, 5) is 17.8. The Labute approximate surface area is 177 Å². The van der Waals surface area contributed by atoms with Crippen molar-refractivity contribution in [1.82, 2.24) is 9.55 Å². The van der Waals surface area contributed by atoms with Gasteiger partial charge in [-0.15, -0.1) is 0 Å². The minimum absolute atomic E-state index is 0.150. The van der Waals surface area contributed by atoms with Gasteiger partial charge in [-0.2, -0.15) is 0 Å². The molecule has 1 atom stereocenters. The van der Waals surface area contributed by atoms with Crippen LogP contribution in [0.15, 0.2) is 72.6 Å². The lowest BCUT2D eigenvalue weighted by molar-refractivity contribution is -0.116. The van der Waals surface area contributed by atoms with Gasteiger partial charge in [0.25, 0.3) is 0 Å². The van der Waals surface area contributed by atoms with E-state index in [9.17, 15) is 9.18 Å². The van der Waals surface area contributed by atoms with E-state index in [2.05, 4.69) is 42.5 Å². The fourth-order valence-electron chi connectivity index (χ4n) is 4.84. The topological polar surface area (TPSA) is 34.9 Å². The maximum absolute atomic E-state index is 13.7. The molecule has 0 radical (unpaired) electrons. The monoisotopic (exact) mass is 402 g/mol. The van der Waals surface area contributed by atoms with Crippen molar-refractivity contribution in [2.75, 3.05) is 0 Å². The van der Waals surface area contributed by atoms with E-state index < -0.39 is 5.54 Å². The molecule has 4 rings (SSSR count). The molecule has 0 aliphatic carbocycles. The van der Waals surface area contributed by atoms with Crippen LogP contribution < -0.4 is 0 Å². The van der Waals surface area contributed by atoms with Gasteiger partial charge in [0.2, 0.25) is 0 Å². The maximum atomic E-state index is 13.7. The van der Waals surface area contributed by atoms with Crippen LogP contribution in [0.1, 0.15) is 51.7 Å². The summed E-state index contributed by atoms with van der Waals surface area (Å²) in [6.45, 7) is 8.12. The van der Waals surface area contributed by atoms with Gasteiger partial charge in [-0.25, -0.2) is 9.37 Å². The van der Waals surface area contributed by atoms with E-state index in [0.29, 0.717) is 12.8 Å². The molecule has 3 nitrogen and oxygen atoms in total. The highest BCUT2D eigenvalue weighted by Gasteiger charge is 2.45. The van der Waals surface area contributed by atoms with Crippen LogP contribution in [0.2, 0.25) is 0 Å². The van der Waals surface area contributed by atoms with E-state index >= 15 is 0 Å². The number of carbonyl (C=O) groups excluding carboxylic acids is 1. The second-order valence-corrected chi connectivity index (χ2v) is 8.91. The minimum Gasteiger partial charge on any atom is -0.317 e. The van der Waals surface area contributed by atoms with Crippen molar-refractivity contribution in [3.8, 4) is 11.4 Å². The average molecular weight is 403 g/mol. The predicted molar refractivity (Wildman–Crippen MR) is 118 cm³/mol. The molecule has 0 N–H and O–H groups in total. The van der Waals surface area contributed by atoms with Crippen molar-refractivity contribution in [1.29, 1.82) is 0 Å². The van der Waals surface area contributed by atoms with Crippen LogP contribution in [0.25, 0.3) is 11.4 Å². The van der Waals surface area contributed by atoms with Crippen molar-refractivity contribution in [3.63, 3.8) is 0 Å². The summed E-state index contributed by atoms with van der Waals surface area (Å²) in [5.41, 5.74) is 3.16. The van der Waals surface area contributed by atoms with Crippen molar-refractivity contribution in [3.05, 3.63) is 89.5 Å². The SMILES string of the molecule is CC=C(C(=O)CCC1(c2ccc(F)cc2)c2ccccc2-c2nccn21)C(C)(C)C. The van der Waals surface area contributed by atoms with Crippen molar-refractivity contribution in [2.45, 2.75) is 46.1 Å². The zero-order valence-electron chi connectivity index (χ0n) is 17.9. The van der Waals surface area contributed by atoms with E-state index in [0.717, 1.165) is 28.1 Å². The fraction of sp³-hybridized carbons (Fsp3) is 0.308. The number of ketones is 1. The van der Waals surface area contributed by atoms with Crippen molar-refractivity contribution < 1.29 is 9.18 Å². The van der Waals surface area contributed by atoms with Crippen LogP contribution in [0.3, 0.4) is 0 Å². The molecule has 2 heterocycles. The van der Waals surface area contributed by atoms with E-state index in [1.807, 2.05) is 43.5 Å². The van der Waals surface area contributed by atoms with E-state index in [4.69, 9.17) is 0 Å². The third-order valence-corrected chi connectivity index (χ3v) is 6.10. The molecule has 0 spiro atoms. The van der Waals surface area contributed by atoms with Crippen molar-refractivity contribution in [2.24, 2.45) is 5.41 Å². The number of hydrogen-bond acceptors (Lipinski definition) is 2. The molecule has 0 fully saturated rings. The average Bonchev–Trinajstić information content (AvgIpc) is 3.28. The van der Waals surface area contributed by atoms with Crippen LogP contribution >= 0.6 is 0 Å². The molecular formula is C26H27FN2O. The highest BCUT2D eigenvalue weighted by molar-refractivity contribution is 5.96. The minimum atomic E-state index is -0.595. The Morgan fingerprint density at radius 2 is 1.83 bits per heavy atom. The number of benzene rings is 2. The van der Waals surface area contributed by atoms with Crippen LogP contribution in [0, 0.1) is 11.2 Å². The van der Waals surface area contributed by atoms with Gasteiger partial charge in [0.15, 0.2) is 5.78 Å². The lowest BCUT2D eigenvalue weighted by Crippen LogP contribution is -2.34. The summed E-state index contributed by atoms with van der Waals surface area (Å²) in [5.74, 6) is 0.757. The van der Waals surface area contributed by atoms with Crippen LogP contribution in [-0.4, -0.2) is 15.3 Å². The largest absolute Gasteiger partial charge is 0.317 e. The number of hydrogen-bond donors (Lipinski definition) is 0. The van der Waals surface area contributed by atoms with E-state index in [-0.39, 0.29) is 17.0 Å². The first-order valence-electron chi connectivity index (χ1n) is 10.4. The Morgan fingerprint density at radius 3 is 2.50 bits per heavy atom. The molecule has 30 heavy (non-hydrogen) atoms. The summed E-state index contributed by atoms with van der Waals surface area (Å²) in [6.07, 6.45) is 6.64. The van der Waals surface area contributed by atoms with Gasteiger partial charge in [-0.3, -0.25) is 4.79 Å². The molecule has 3 aromatic rings. The number of nitrogens with zero attached hydrogens (tertiary/aromatic N) is 2. The van der Waals surface area contributed by atoms with Gasteiger partial charge < -0.3 is 4.57 Å². The second kappa shape index (κ2) is 7.35. The molecule has 154 valence electrons. The number of carbonyl (C=O) groups is 1. The molecule has 1 unspecified atom stereocenters. The smallest absolute Gasteiger partial charge is 0.159 e. The number of allylic oxidation sites excluding steroid dienone is 2. The van der Waals surface area contributed by atoms with Gasteiger partial charge in [0.05, 0.1) is 5.54 Å². The quantitative estimate of drug-likeness (QED) is 0.481. The first-order chi connectivity index (χ1) is 14.3. The Hall–Kier alpha value is -3.01. The van der Waals surface area contributed by atoms with E-state index in [1.54, 1.807) is 6.20 Å². The Balaban J connectivity index is 1.84. The number of imidazole rings is 1. The highest BCUT2D eigenvalue weighted by Crippen LogP contribution is 2.49. The zero-order chi connectivity index (χ0) is 21.5. The van der Waals surface area contributed by atoms with Crippen LogP contribution in [0.4, 0.5) is 4.39 Å². The molecule has 0 saturated heterocycles. The first kappa shape index (κ1) is 20.3. The Morgan fingerprint density at radius 1 is 1.13 bits per heavy atom. The lowest BCUT2D eigenvalue weighted by atomic mass is 9.76. The highest BCUT2D eigenvalue weighted by atomic mass is 19.1. The molecule has 1 aromatic heterocycles. The third kappa shape index (κ3) is 3.11. The van der Waals surface area contributed by atoms with Crippen LogP contribution in [-0.2, 0) is 10.3 Å². The molecule has 0 bridgehead atoms. The van der Waals surface area contributed by atoms with Crippen molar-refractivity contribution >= 4 is 5.78 Å². The Bertz CT molecular complexity index is 1120. The molecule has 2 aromatic carbocycles. The zero-order valence-corrected chi connectivity index (χ0v) is 17.9. The summed E-state index contributed by atoms with van der Waals surface area (Å²) < 4.78 is 15.9. The third-order valence-electron chi connectivity index (χ3n) is 6.10. The summed E-state index contributed by atoms with van der Waals surface area (Å²) >= 11 is 0. The second-order valence-electron chi connectivity index (χ2n) is 8.91. The Kier molecular flexibility index (Phi) is 4.97. The summed E-state index contributed by atoms with van der Waals surface area (Å²) in [7, 11) is 0. The van der Waals surface area contributed by atoms with Gasteiger partial charge >= 0.3 is 0 Å². The van der Waals surface area contributed by atoms with Crippen LogP contribution in [0.5, 0.6) is 0 Å². The molecule has 1 aliphatic rings. The molecule has 0 saturated carbocycles. The molecule has 0 amide bonds. The van der Waals surface area contributed by atoms with Gasteiger partial charge in [0, 0.05) is 24.4 Å². The number of Topliss-reactive ketones (excluding diaryl/α,β-unsaturated/α-hetero) is 1. The summed E-state index contributed by atoms with van der Waals surface area (Å²) in [6, 6.07) is 14.8. The maximum Gasteiger partial charge on any atom is 0.159 e. The normalized spacial score (nSPS) is 18.2. The number of rotatable bonds is 5. The lowest BCUT2D eigenvalue weighted by Gasteiger charge is -2.34.